The van der Waals surface area contributed by atoms with Gasteiger partial charge in [0.1, 0.15) is 0 Å². The minimum absolute atomic E-state index is 0.195. The molecule has 0 fully saturated rings. The molecule has 128 valence electrons. The van der Waals surface area contributed by atoms with Crippen LogP contribution in [0.3, 0.4) is 0 Å². The van der Waals surface area contributed by atoms with Crippen LogP contribution < -0.4 is 4.46 Å². The zero-order chi connectivity index (χ0) is 17.2. The van der Waals surface area contributed by atoms with E-state index >= 15 is 0 Å². The van der Waals surface area contributed by atoms with Gasteiger partial charge in [-0.25, -0.2) is 0 Å². The molecule has 0 bridgehead atoms. The number of benzene rings is 2. The quantitative estimate of drug-likeness (QED) is 0.480. The average molecular weight is 393 g/mol. The molecular weight excluding hydrogens is 371 g/mol. The molecule has 1 unspecified atom stereocenters. The van der Waals surface area contributed by atoms with Crippen LogP contribution in [-0.2, 0) is 16.1 Å². The van der Waals surface area contributed by atoms with Crippen LogP contribution in [0.15, 0.2) is 60.7 Å². The van der Waals surface area contributed by atoms with E-state index in [9.17, 15) is 15.0 Å². The summed E-state index contributed by atoms with van der Waals surface area (Å²) in [5.41, 5.74) is 1.09. The number of aliphatic carboxylic acids is 1. The third kappa shape index (κ3) is 6.85. The fraction of sp³-hybridized carbons (Fsp3) is 0.316. The standard InChI is InChI=1S/C19H22O4Se/c20-16(11-12-23-14-15-7-3-1-4-8-15)13-18(19(21)22)24-17-9-5-2-6-10-17/h1-10,16,18,20H,11-14H2,(H,21,22)/t16-,18?/m1/s1. The summed E-state index contributed by atoms with van der Waals surface area (Å²) in [5, 5.41) is 19.5. The van der Waals surface area contributed by atoms with E-state index in [-0.39, 0.29) is 21.4 Å². The van der Waals surface area contributed by atoms with Crippen molar-refractivity contribution in [1.82, 2.24) is 0 Å². The molecule has 0 radical (unpaired) electrons. The van der Waals surface area contributed by atoms with Gasteiger partial charge in [-0.15, -0.1) is 0 Å². The Balaban J connectivity index is 1.72. The van der Waals surface area contributed by atoms with Crippen LogP contribution in [0, 0.1) is 0 Å². The molecule has 0 saturated heterocycles. The third-order valence-corrected chi connectivity index (χ3v) is 6.06. The molecule has 2 aromatic carbocycles. The van der Waals surface area contributed by atoms with Gasteiger partial charge in [0.15, 0.2) is 0 Å². The summed E-state index contributed by atoms with van der Waals surface area (Å²) in [4.78, 5) is 10.9. The second-order valence-electron chi connectivity index (χ2n) is 5.47. The Hall–Kier alpha value is -1.65. The fourth-order valence-electron chi connectivity index (χ4n) is 2.21. The summed E-state index contributed by atoms with van der Waals surface area (Å²) < 4.78 is 6.58. The molecule has 0 aliphatic carbocycles. The van der Waals surface area contributed by atoms with Crippen molar-refractivity contribution in [1.29, 1.82) is 0 Å². The number of hydrogen-bond donors (Lipinski definition) is 2. The van der Waals surface area contributed by atoms with Gasteiger partial charge in [0.2, 0.25) is 0 Å². The Labute approximate surface area is 148 Å². The Morgan fingerprint density at radius 2 is 1.67 bits per heavy atom. The molecule has 0 aliphatic heterocycles. The van der Waals surface area contributed by atoms with E-state index in [4.69, 9.17) is 4.74 Å². The summed E-state index contributed by atoms with van der Waals surface area (Å²) in [5.74, 6) is -0.844. The molecule has 0 heterocycles. The molecular formula is C19H22O4Se. The van der Waals surface area contributed by atoms with Crippen LogP contribution in [0.1, 0.15) is 18.4 Å². The maximum atomic E-state index is 11.4. The topological polar surface area (TPSA) is 66.8 Å². The van der Waals surface area contributed by atoms with Crippen molar-refractivity contribution in [2.24, 2.45) is 0 Å². The summed E-state index contributed by atoms with van der Waals surface area (Å²) in [6.07, 6.45) is 0.0490. The molecule has 5 heteroatoms. The first-order valence-electron chi connectivity index (χ1n) is 7.89. The van der Waals surface area contributed by atoms with Gasteiger partial charge in [0.05, 0.1) is 0 Å². The van der Waals surface area contributed by atoms with E-state index < -0.39 is 16.9 Å². The monoisotopic (exact) mass is 394 g/mol. The number of aliphatic hydroxyl groups excluding tert-OH is 1. The van der Waals surface area contributed by atoms with Crippen LogP contribution in [-0.4, -0.2) is 43.8 Å². The van der Waals surface area contributed by atoms with Gasteiger partial charge in [-0.05, 0) is 0 Å². The van der Waals surface area contributed by atoms with Crippen LogP contribution in [0.4, 0.5) is 0 Å². The van der Waals surface area contributed by atoms with Crippen molar-refractivity contribution >= 4 is 25.4 Å². The number of carbonyl (C=O) groups is 1. The van der Waals surface area contributed by atoms with Crippen LogP contribution >= 0.6 is 0 Å². The molecule has 0 aliphatic rings. The van der Waals surface area contributed by atoms with E-state index in [0.717, 1.165) is 10.0 Å². The first-order valence-corrected chi connectivity index (χ1v) is 9.74. The predicted octanol–water partition coefficient (Wildman–Crippen LogP) is 2.25. The number of rotatable bonds is 10. The van der Waals surface area contributed by atoms with Crippen molar-refractivity contribution < 1.29 is 19.7 Å². The molecule has 24 heavy (non-hydrogen) atoms. The van der Waals surface area contributed by atoms with E-state index in [2.05, 4.69) is 0 Å². The molecule has 0 saturated carbocycles. The van der Waals surface area contributed by atoms with Gasteiger partial charge in [0.25, 0.3) is 0 Å². The first kappa shape index (κ1) is 18.7. The molecule has 2 rings (SSSR count). The van der Waals surface area contributed by atoms with Gasteiger partial charge >= 0.3 is 148 Å². The van der Waals surface area contributed by atoms with Crippen LogP contribution in [0.5, 0.6) is 0 Å². The van der Waals surface area contributed by atoms with Gasteiger partial charge in [-0.1, -0.05) is 0 Å². The van der Waals surface area contributed by atoms with E-state index in [1.807, 2.05) is 60.7 Å². The SMILES string of the molecule is O=C(O)C(C[C@H](O)CCOCc1ccccc1)[Se]c1ccccc1. The van der Waals surface area contributed by atoms with Crippen molar-refractivity contribution in [3.8, 4) is 0 Å². The Morgan fingerprint density at radius 3 is 2.29 bits per heavy atom. The van der Waals surface area contributed by atoms with Crippen molar-refractivity contribution in [3.63, 3.8) is 0 Å². The molecule has 2 aromatic rings. The molecule has 0 spiro atoms. The van der Waals surface area contributed by atoms with Gasteiger partial charge < -0.3 is 0 Å². The number of aliphatic hydroxyl groups is 1. The van der Waals surface area contributed by atoms with Gasteiger partial charge in [-0.3, -0.25) is 0 Å². The predicted molar refractivity (Wildman–Crippen MR) is 94.6 cm³/mol. The molecule has 4 nitrogen and oxygen atoms in total. The first-order chi connectivity index (χ1) is 11.6. The fourth-order valence-corrected chi connectivity index (χ4v) is 4.44. The van der Waals surface area contributed by atoms with Gasteiger partial charge in [0, 0.05) is 0 Å². The second-order valence-corrected chi connectivity index (χ2v) is 8.15. The van der Waals surface area contributed by atoms with Crippen LogP contribution in [0.25, 0.3) is 0 Å². The summed E-state index contributed by atoms with van der Waals surface area (Å²) >= 11 is -0.195. The van der Waals surface area contributed by atoms with Crippen molar-refractivity contribution in [3.05, 3.63) is 66.2 Å². The van der Waals surface area contributed by atoms with E-state index in [1.54, 1.807) is 0 Å². The van der Waals surface area contributed by atoms with Crippen molar-refractivity contribution in [2.75, 3.05) is 6.61 Å². The second kappa shape index (κ2) is 10.3. The number of ether oxygens (including phenoxy) is 1. The summed E-state index contributed by atoms with van der Waals surface area (Å²) in [6.45, 7) is 0.921. The zero-order valence-corrected chi connectivity index (χ0v) is 15.1. The van der Waals surface area contributed by atoms with E-state index in [0.29, 0.717) is 19.6 Å². The molecule has 2 N–H and O–H groups in total. The third-order valence-electron chi connectivity index (χ3n) is 3.49. The van der Waals surface area contributed by atoms with E-state index in [1.165, 1.54) is 0 Å². The molecule has 2 atom stereocenters. The Bertz CT molecular complexity index is 603. The zero-order valence-electron chi connectivity index (χ0n) is 13.4. The minimum atomic E-state index is -0.844. The van der Waals surface area contributed by atoms with Gasteiger partial charge in [-0.2, -0.15) is 0 Å². The van der Waals surface area contributed by atoms with Crippen LogP contribution in [0.2, 0.25) is 4.82 Å². The normalized spacial score (nSPS) is 13.4. The number of hydrogen-bond acceptors (Lipinski definition) is 3. The maximum absolute atomic E-state index is 11.4. The number of carboxylic acid groups (broad SMARTS) is 1. The molecule has 0 amide bonds. The Morgan fingerprint density at radius 1 is 1.04 bits per heavy atom. The summed E-state index contributed by atoms with van der Waals surface area (Å²) in [7, 11) is 0. The average Bonchev–Trinajstić information content (AvgIpc) is 2.60. The number of carboxylic acids is 1. The summed E-state index contributed by atoms with van der Waals surface area (Å²) in [6, 6.07) is 19.4. The Kier molecular flexibility index (Phi) is 7.99. The van der Waals surface area contributed by atoms with Crippen molar-refractivity contribution in [2.45, 2.75) is 30.4 Å². The molecule has 0 aromatic heterocycles.